The molecule has 0 amide bonds. The molecule has 0 aromatic heterocycles. The number of aliphatic hydroxyl groups excluding tert-OH is 1. The highest BCUT2D eigenvalue weighted by atomic mass is 16.7. The molecule has 0 radical (unpaired) electrons. The van der Waals surface area contributed by atoms with Gasteiger partial charge in [0.15, 0.2) is 0 Å². The number of aliphatic hydroxyl groups is 1. The first-order chi connectivity index (χ1) is 15.5. The van der Waals surface area contributed by atoms with Crippen LogP contribution in [0.4, 0.5) is 0 Å². The molecular formula is C28H35NO3. The topological polar surface area (TPSA) is 41.9 Å². The van der Waals surface area contributed by atoms with Crippen molar-refractivity contribution in [2.75, 3.05) is 19.8 Å². The summed E-state index contributed by atoms with van der Waals surface area (Å²) in [7, 11) is 0. The largest absolute Gasteiger partial charge is 0.394 e. The average Bonchev–Trinajstić information content (AvgIpc) is 2.83. The van der Waals surface area contributed by atoms with Gasteiger partial charge in [0.05, 0.1) is 37.5 Å². The highest BCUT2D eigenvalue weighted by molar-refractivity contribution is 5.24. The van der Waals surface area contributed by atoms with Gasteiger partial charge in [-0.2, -0.15) is 5.06 Å². The van der Waals surface area contributed by atoms with Gasteiger partial charge in [-0.25, -0.2) is 0 Å². The van der Waals surface area contributed by atoms with Gasteiger partial charge in [0.1, 0.15) is 0 Å². The minimum absolute atomic E-state index is 0.0789. The molecule has 0 saturated carbocycles. The normalized spacial score (nSPS) is 13.8. The van der Waals surface area contributed by atoms with Crippen LogP contribution in [0.2, 0.25) is 0 Å². The van der Waals surface area contributed by atoms with Crippen molar-refractivity contribution in [2.24, 2.45) is 0 Å². The minimum atomic E-state index is -0.725. The Morgan fingerprint density at radius 1 is 0.750 bits per heavy atom. The predicted octanol–water partition coefficient (Wildman–Crippen LogP) is 5.37. The van der Waals surface area contributed by atoms with E-state index in [-0.39, 0.29) is 6.61 Å². The minimum Gasteiger partial charge on any atom is -0.394 e. The summed E-state index contributed by atoms with van der Waals surface area (Å²) >= 11 is 0. The molecule has 32 heavy (non-hydrogen) atoms. The summed E-state index contributed by atoms with van der Waals surface area (Å²) in [5.41, 5.74) is 2.14. The van der Waals surface area contributed by atoms with E-state index in [1.807, 2.05) is 78.7 Å². The first kappa shape index (κ1) is 24.1. The summed E-state index contributed by atoms with van der Waals surface area (Å²) in [6.07, 6.45) is 0.786. The second-order valence-corrected chi connectivity index (χ2v) is 8.95. The quantitative estimate of drug-likeness (QED) is 0.390. The Hall–Kier alpha value is -2.50. The first-order valence-corrected chi connectivity index (χ1v) is 11.2. The van der Waals surface area contributed by atoms with Gasteiger partial charge in [-0.05, 0) is 43.9 Å². The SMILES string of the molecule is CC(C)(COCc1ccccc1)N(OCCc1ccccc1)C(C)(CO)c1ccccc1. The van der Waals surface area contributed by atoms with Crippen molar-refractivity contribution in [1.29, 1.82) is 0 Å². The van der Waals surface area contributed by atoms with E-state index in [1.54, 1.807) is 0 Å². The van der Waals surface area contributed by atoms with E-state index in [4.69, 9.17) is 9.57 Å². The number of ether oxygens (including phenoxy) is 1. The molecule has 3 rings (SSSR count). The zero-order valence-corrected chi connectivity index (χ0v) is 19.4. The smallest absolute Gasteiger partial charge is 0.0920 e. The number of hydrogen-bond donors (Lipinski definition) is 1. The van der Waals surface area contributed by atoms with Crippen LogP contribution in [0, 0.1) is 0 Å². The van der Waals surface area contributed by atoms with Crippen molar-refractivity contribution >= 4 is 0 Å². The Balaban J connectivity index is 1.77. The Bertz CT molecular complexity index is 915. The maximum absolute atomic E-state index is 10.5. The van der Waals surface area contributed by atoms with Crippen LogP contribution < -0.4 is 0 Å². The van der Waals surface area contributed by atoms with Crippen LogP contribution in [0.3, 0.4) is 0 Å². The van der Waals surface area contributed by atoms with Crippen molar-refractivity contribution in [3.05, 3.63) is 108 Å². The molecule has 3 aromatic carbocycles. The summed E-state index contributed by atoms with van der Waals surface area (Å²) in [6.45, 7) is 7.62. The highest BCUT2D eigenvalue weighted by Gasteiger charge is 2.43. The van der Waals surface area contributed by atoms with E-state index in [0.29, 0.717) is 19.8 Å². The van der Waals surface area contributed by atoms with Crippen LogP contribution in [0.5, 0.6) is 0 Å². The third-order valence-corrected chi connectivity index (χ3v) is 5.72. The van der Waals surface area contributed by atoms with E-state index in [2.05, 4.69) is 38.1 Å². The molecule has 1 atom stereocenters. The summed E-state index contributed by atoms with van der Waals surface area (Å²) in [6, 6.07) is 30.5. The van der Waals surface area contributed by atoms with Crippen LogP contribution in [-0.2, 0) is 28.1 Å². The van der Waals surface area contributed by atoms with Gasteiger partial charge >= 0.3 is 0 Å². The second kappa shape index (κ2) is 11.4. The molecule has 1 unspecified atom stereocenters. The molecule has 0 aliphatic rings. The molecule has 0 saturated heterocycles. The zero-order chi connectivity index (χ0) is 22.9. The molecular weight excluding hydrogens is 398 g/mol. The van der Waals surface area contributed by atoms with Crippen molar-refractivity contribution in [1.82, 2.24) is 5.06 Å². The molecule has 170 valence electrons. The molecule has 0 spiro atoms. The van der Waals surface area contributed by atoms with Crippen molar-refractivity contribution in [3.8, 4) is 0 Å². The van der Waals surface area contributed by atoms with Crippen LogP contribution in [0.1, 0.15) is 37.5 Å². The molecule has 0 bridgehead atoms. The molecule has 0 fully saturated rings. The fourth-order valence-corrected chi connectivity index (χ4v) is 4.01. The Labute approximate surface area is 192 Å². The van der Waals surface area contributed by atoms with Crippen LogP contribution in [-0.4, -0.2) is 35.5 Å². The molecule has 0 aliphatic carbocycles. The van der Waals surface area contributed by atoms with Gasteiger partial charge in [-0.15, -0.1) is 0 Å². The maximum Gasteiger partial charge on any atom is 0.0920 e. The number of hydroxylamine groups is 2. The summed E-state index contributed by atoms with van der Waals surface area (Å²) in [5.74, 6) is 0. The van der Waals surface area contributed by atoms with Crippen molar-refractivity contribution in [3.63, 3.8) is 0 Å². The second-order valence-electron chi connectivity index (χ2n) is 8.95. The van der Waals surface area contributed by atoms with Gasteiger partial charge < -0.3 is 9.84 Å². The van der Waals surface area contributed by atoms with Gasteiger partial charge in [0, 0.05) is 0 Å². The zero-order valence-electron chi connectivity index (χ0n) is 19.4. The summed E-state index contributed by atoms with van der Waals surface area (Å²) < 4.78 is 6.10. The molecule has 3 aromatic rings. The molecule has 1 N–H and O–H groups in total. The Morgan fingerprint density at radius 3 is 1.84 bits per heavy atom. The highest BCUT2D eigenvalue weighted by Crippen LogP contribution is 2.35. The molecule has 4 heteroatoms. The average molecular weight is 434 g/mol. The standard InChI is InChI=1S/C28H35NO3/c1-27(2,23-31-21-25-15-9-5-10-16-25)29(32-20-19-24-13-7-4-8-14-24)28(3,22-30)26-17-11-6-12-18-26/h4-18,30H,19-23H2,1-3H3. The lowest BCUT2D eigenvalue weighted by molar-refractivity contribution is -0.289. The number of nitrogens with zero attached hydrogens (tertiary/aromatic N) is 1. The third kappa shape index (κ3) is 6.27. The first-order valence-electron chi connectivity index (χ1n) is 11.2. The number of rotatable bonds is 12. The Kier molecular flexibility index (Phi) is 8.60. The fourth-order valence-electron chi connectivity index (χ4n) is 4.01. The van der Waals surface area contributed by atoms with E-state index in [1.165, 1.54) is 5.56 Å². The fraction of sp³-hybridized carbons (Fsp3) is 0.357. The summed E-state index contributed by atoms with van der Waals surface area (Å²) in [4.78, 5) is 6.42. The van der Waals surface area contributed by atoms with Crippen LogP contribution in [0.15, 0.2) is 91.0 Å². The monoisotopic (exact) mass is 433 g/mol. The van der Waals surface area contributed by atoms with Gasteiger partial charge in [-0.1, -0.05) is 91.0 Å². The maximum atomic E-state index is 10.5. The van der Waals surface area contributed by atoms with Crippen molar-refractivity contribution < 1.29 is 14.7 Å². The number of hydrogen-bond acceptors (Lipinski definition) is 4. The van der Waals surface area contributed by atoms with E-state index in [0.717, 1.165) is 17.5 Å². The lowest BCUT2D eigenvalue weighted by Crippen LogP contribution is -2.58. The van der Waals surface area contributed by atoms with E-state index < -0.39 is 11.1 Å². The number of benzene rings is 3. The van der Waals surface area contributed by atoms with Gasteiger partial charge in [-0.3, -0.25) is 4.84 Å². The van der Waals surface area contributed by atoms with Crippen LogP contribution >= 0.6 is 0 Å². The predicted molar refractivity (Wildman–Crippen MR) is 129 cm³/mol. The Morgan fingerprint density at radius 2 is 1.28 bits per heavy atom. The lowest BCUT2D eigenvalue weighted by atomic mass is 9.88. The summed E-state index contributed by atoms with van der Waals surface area (Å²) in [5, 5.41) is 12.5. The molecule has 0 heterocycles. The van der Waals surface area contributed by atoms with E-state index >= 15 is 0 Å². The van der Waals surface area contributed by atoms with Crippen LogP contribution in [0.25, 0.3) is 0 Å². The van der Waals surface area contributed by atoms with Gasteiger partial charge in [0.25, 0.3) is 0 Å². The van der Waals surface area contributed by atoms with Crippen molar-refractivity contribution in [2.45, 2.75) is 44.9 Å². The third-order valence-electron chi connectivity index (χ3n) is 5.72. The van der Waals surface area contributed by atoms with Gasteiger partial charge in [0.2, 0.25) is 0 Å². The molecule has 0 aliphatic heterocycles. The van der Waals surface area contributed by atoms with E-state index in [9.17, 15) is 5.11 Å². The molecule has 4 nitrogen and oxygen atoms in total. The lowest BCUT2D eigenvalue weighted by Gasteiger charge is -2.48.